The number of aromatic nitrogens is 1. The lowest BCUT2D eigenvalue weighted by Crippen LogP contribution is -2.20. The summed E-state index contributed by atoms with van der Waals surface area (Å²) in [5, 5.41) is 27.4. The van der Waals surface area contributed by atoms with E-state index in [0.29, 0.717) is 5.56 Å². The Hall–Kier alpha value is -1.09. The predicted molar refractivity (Wildman–Crippen MR) is 53.8 cm³/mol. The first-order valence-corrected chi connectivity index (χ1v) is 4.65. The highest BCUT2D eigenvalue weighted by Crippen LogP contribution is 2.15. The van der Waals surface area contributed by atoms with Crippen LogP contribution in [0.3, 0.4) is 0 Å². The van der Waals surface area contributed by atoms with E-state index >= 15 is 0 Å². The fourth-order valence-corrected chi connectivity index (χ4v) is 1.18. The van der Waals surface area contributed by atoms with Crippen molar-refractivity contribution in [3.05, 3.63) is 29.6 Å². The largest absolute Gasteiger partial charge is 0.389 e. The second kappa shape index (κ2) is 4.96. The van der Waals surface area contributed by atoms with Gasteiger partial charge in [0, 0.05) is 11.9 Å². The first kappa shape index (κ1) is 11.0. The van der Waals surface area contributed by atoms with E-state index in [1.165, 1.54) is 18.3 Å². The van der Waals surface area contributed by atoms with E-state index in [-0.39, 0.29) is 11.4 Å². The SMILES string of the molecule is N#Cc1ccnc(C(O)C(O)CS)c1. The molecule has 1 heterocycles. The smallest absolute Gasteiger partial charge is 0.123 e. The van der Waals surface area contributed by atoms with E-state index in [4.69, 9.17) is 5.26 Å². The van der Waals surface area contributed by atoms with Crippen molar-refractivity contribution >= 4 is 12.6 Å². The molecule has 1 aromatic heterocycles. The molecule has 0 aliphatic carbocycles. The second-order valence-corrected chi connectivity index (χ2v) is 3.14. The number of aliphatic hydroxyl groups is 2. The van der Waals surface area contributed by atoms with Crippen LogP contribution >= 0.6 is 12.6 Å². The monoisotopic (exact) mass is 210 g/mol. The van der Waals surface area contributed by atoms with Crippen LogP contribution in [-0.2, 0) is 0 Å². The average Bonchev–Trinajstić information content (AvgIpc) is 2.27. The second-order valence-electron chi connectivity index (χ2n) is 2.78. The van der Waals surface area contributed by atoms with Crippen molar-refractivity contribution in [1.29, 1.82) is 5.26 Å². The minimum atomic E-state index is -1.10. The molecule has 0 saturated carbocycles. The molecule has 0 radical (unpaired) electrons. The quantitative estimate of drug-likeness (QED) is 0.626. The van der Waals surface area contributed by atoms with Crippen LogP contribution in [0.5, 0.6) is 0 Å². The van der Waals surface area contributed by atoms with E-state index in [1.54, 1.807) is 0 Å². The molecule has 1 rings (SSSR count). The summed E-state index contributed by atoms with van der Waals surface area (Å²) >= 11 is 3.85. The molecule has 14 heavy (non-hydrogen) atoms. The molecule has 2 atom stereocenters. The van der Waals surface area contributed by atoms with E-state index < -0.39 is 12.2 Å². The summed E-state index contributed by atoms with van der Waals surface area (Å²) in [7, 11) is 0. The maximum absolute atomic E-state index is 9.54. The fraction of sp³-hybridized carbons (Fsp3) is 0.333. The third-order valence-electron chi connectivity index (χ3n) is 1.76. The number of thiol groups is 1. The number of hydrogen-bond donors (Lipinski definition) is 3. The molecular weight excluding hydrogens is 200 g/mol. The molecule has 1 aromatic rings. The Morgan fingerprint density at radius 1 is 1.57 bits per heavy atom. The van der Waals surface area contributed by atoms with Crippen molar-refractivity contribution in [2.75, 3.05) is 5.75 Å². The van der Waals surface area contributed by atoms with Gasteiger partial charge in [0.05, 0.1) is 23.4 Å². The number of nitrogens with zero attached hydrogens (tertiary/aromatic N) is 2. The van der Waals surface area contributed by atoms with Gasteiger partial charge in [-0.05, 0) is 12.1 Å². The number of aliphatic hydroxyl groups excluding tert-OH is 2. The van der Waals surface area contributed by atoms with Crippen LogP contribution < -0.4 is 0 Å². The first-order chi connectivity index (χ1) is 6.69. The molecule has 0 amide bonds. The standard InChI is InChI=1S/C9H10N2O2S/c10-4-6-1-2-11-7(3-6)9(13)8(12)5-14/h1-3,8-9,12-14H,5H2. The van der Waals surface area contributed by atoms with E-state index in [0.717, 1.165) is 0 Å². The van der Waals surface area contributed by atoms with Gasteiger partial charge in [0.1, 0.15) is 6.10 Å². The molecule has 0 fully saturated rings. The normalized spacial score (nSPS) is 14.4. The molecule has 0 aliphatic heterocycles. The van der Waals surface area contributed by atoms with Gasteiger partial charge < -0.3 is 10.2 Å². The molecule has 4 nitrogen and oxygen atoms in total. The van der Waals surface area contributed by atoms with Crippen LogP contribution in [-0.4, -0.2) is 27.1 Å². The highest BCUT2D eigenvalue weighted by Gasteiger charge is 2.18. The fourth-order valence-electron chi connectivity index (χ4n) is 0.977. The molecule has 5 heteroatoms. The number of hydrogen-bond acceptors (Lipinski definition) is 5. The molecular formula is C9H10N2O2S. The summed E-state index contributed by atoms with van der Waals surface area (Å²) < 4.78 is 0. The summed E-state index contributed by atoms with van der Waals surface area (Å²) in [4.78, 5) is 3.86. The van der Waals surface area contributed by atoms with Gasteiger partial charge in [-0.2, -0.15) is 17.9 Å². The predicted octanol–water partition coefficient (Wildman–Crippen LogP) is 0.277. The summed E-state index contributed by atoms with van der Waals surface area (Å²) in [6, 6.07) is 4.90. The Labute approximate surface area is 87.2 Å². The molecule has 2 unspecified atom stereocenters. The van der Waals surface area contributed by atoms with Crippen molar-refractivity contribution in [3.63, 3.8) is 0 Å². The molecule has 0 aliphatic rings. The average molecular weight is 210 g/mol. The van der Waals surface area contributed by atoms with Crippen molar-refractivity contribution in [2.24, 2.45) is 0 Å². The minimum absolute atomic E-state index is 0.139. The highest BCUT2D eigenvalue weighted by molar-refractivity contribution is 7.80. The van der Waals surface area contributed by atoms with Gasteiger partial charge in [0.2, 0.25) is 0 Å². The Morgan fingerprint density at radius 2 is 2.29 bits per heavy atom. The third-order valence-corrected chi connectivity index (χ3v) is 2.14. The van der Waals surface area contributed by atoms with E-state index in [1.807, 2.05) is 6.07 Å². The van der Waals surface area contributed by atoms with Crippen LogP contribution in [0.2, 0.25) is 0 Å². The highest BCUT2D eigenvalue weighted by atomic mass is 32.1. The lowest BCUT2D eigenvalue weighted by Gasteiger charge is -2.14. The van der Waals surface area contributed by atoms with Crippen LogP contribution in [0.4, 0.5) is 0 Å². The van der Waals surface area contributed by atoms with Crippen molar-refractivity contribution < 1.29 is 10.2 Å². The molecule has 0 bridgehead atoms. The van der Waals surface area contributed by atoms with Gasteiger partial charge in [-0.25, -0.2) is 0 Å². The van der Waals surface area contributed by atoms with E-state index in [2.05, 4.69) is 17.6 Å². The Balaban J connectivity index is 2.91. The topological polar surface area (TPSA) is 77.1 Å². The molecule has 2 N–H and O–H groups in total. The summed E-state index contributed by atoms with van der Waals surface area (Å²) in [5.41, 5.74) is 0.686. The van der Waals surface area contributed by atoms with Gasteiger partial charge in [0.25, 0.3) is 0 Å². The van der Waals surface area contributed by atoms with Crippen molar-refractivity contribution in [3.8, 4) is 6.07 Å². The lowest BCUT2D eigenvalue weighted by atomic mass is 10.1. The maximum Gasteiger partial charge on any atom is 0.123 e. The zero-order valence-corrected chi connectivity index (χ0v) is 8.22. The van der Waals surface area contributed by atoms with Crippen LogP contribution in [0.25, 0.3) is 0 Å². The van der Waals surface area contributed by atoms with Gasteiger partial charge >= 0.3 is 0 Å². The Kier molecular flexibility index (Phi) is 3.89. The number of nitriles is 1. The summed E-state index contributed by atoms with van der Waals surface area (Å²) in [5.74, 6) is 0.139. The molecule has 0 saturated heterocycles. The van der Waals surface area contributed by atoms with Crippen molar-refractivity contribution in [1.82, 2.24) is 4.98 Å². The van der Waals surface area contributed by atoms with Crippen LogP contribution in [0.15, 0.2) is 18.3 Å². The molecule has 0 aromatic carbocycles. The zero-order valence-electron chi connectivity index (χ0n) is 7.33. The molecule has 74 valence electrons. The Morgan fingerprint density at radius 3 is 2.86 bits per heavy atom. The summed E-state index contributed by atoms with van der Waals surface area (Å²) in [6.45, 7) is 0. The van der Waals surface area contributed by atoms with Crippen molar-refractivity contribution in [2.45, 2.75) is 12.2 Å². The first-order valence-electron chi connectivity index (χ1n) is 4.02. The number of pyridine rings is 1. The van der Waals surface area contributed by atoms with E-state index in [9.17, 15) is 10.2 Å². The lowest BCUT2D eigenvalue weighted by molar-refractivity contribution is 0.0310. The number of rotatable bonds is 3. The maximum atomic E-state index is 9.54. The van der Waals surface area contributed by atoms with Crippen LogP contribution in [0.1, 0.15) is 17.4 Å². The van der Waals surface area contributed by atoms with Gasteiger partial charge in [-0.1, -0.05) is 0 Å². The van der Waals surface area contributed by atoms with Gasteiger partial charge in [-0.3, -0.25) is 4.98 Å². The third kappa shape index (κ3) is 2.45. The Bertz CT molecular complexity index is 351. The minimum Gasteiger partial charge on any atom is -0.389 e. The van der Waals surface area contributed by atoms with Gasteiger partial charge in [0.15, 0.2) is 0 Å². The van der Waals surface area contributed by atoms with Gasteiger partial charge in [-0.15, -0.1) is 0 Å². The summed E-state index contributed by atoms with van der Waals surface area (Å²) in [6.07, 6.45) is -0.650. The molecule has 0 spiro atoms. The van der Waals surface area contributed by atoms with Crippen LogP contribution in [0, 0.1) is 11.3 Å². The zero-order chi connectivity index (χ0) is 10.6.